The SMILES string of the molecule is COc1ccc(OC)c(NC(=O)COC(=O)c2ccc3c(c2)OCCCO3)c1. The number of ether oxygens (including phenoxy) is 5. The summed E-state index contributed by atoms with van der Waals surface area (Å²) in [6, 6.07) is 9.75. The molecule has 1 aliphatic rings. The van der Waals surface area contributed by atoms with Gasteiger partial charge in [0.15, 0.2) is 18.1 Å². The van der Waals surface area contributed by atoms with Gasteiger partial charge in [-0.05, 0) is 30.3 Å². The highest BCUT2D eigenvalue weighted by Crippen LogP contribution is 2.31. The number of hydrogen-bond acceptors (Lipinski definition) is 7. The van der Waals surface area contributed by atoms with Crippen LogP contribution in [0.1, 0.15) is 16.8 Å². The normalized spacial score (nSPS) is 12.5. The number of anilines is 1. The van der Waals surface area contributed by atoms with Crippen LogP contribution in [-0.2, 0) is 9.53 Å². The Balaban J connectivity index is 1.60. The van der Waals surface area contributed by atoms with Crippen molar-refractivity contribution in [3.8, 4) is 23.0 Å². The smallest absolute Gasteiger partial charge is 0.338 e. The van der Waals surface area contributed by atoms with Crippen LogP contribution < -0.4 is 24.3 Å². The molecule has 0 saturated carbocycles. The summed E-state index contributed by atoms with van der Waals surface area (Å²) in [5, 5.41) is 2.64. The second kappa shape index (κ2) is 8.98. The molecule has 1 aliphatic heterocycles. The standard InChI is InChI=1S/C20H21NO7/c1-24-14-5-7-16(25-2)15(11-14)21-19(22)12-28-20(23)13-4-6-17-18(10-13)27-9-3-8-26-17/h4-7,10-11H,3,8-9,12H2,1-2H3,(H,21,22). The third-order valence-corrected chi connectivity index (χ3v) is 4.00. The molecule has 0 spiro atoms. The van der Waals surface area contributed by atoms with E-state index < -0.39 is 18.5 Å². The van der Waals surface area contributed by atoms with Crippen molar-refractivity contribution in [2.24, 2.45) is 0 Å². The maximum absolute atomic E-state index is 12.3. The molecule has 8 nitrogen and oxygen atoms in total. The van der Waals surface area contributed by atoms with Crippen molar-refractivity contribution in [2.45, 2.75) is 6.42 Å². The molecule has 0 saturated heterocycles. The fraction of sp³-hybridized carbons (Fsp3) is 0.300. The van der Waals surface area contributed by atoms with E-state index in [1.54, 1.807) is 36.4 Å². The molecule has 28 heavy (non-hydrogen) atoms. The molecule has 1 amide bonds. The van der Waals surface area contributed by atoms with Crippen LogP contribution >= 0.6 is 0 Å². The maximum Gasteiger partial charge on any atom is 0.338 e. The summed E-state index contributed by atoms with van der Waals surface area (Å²) in [5.74, 6) is 0.941. The number of carbonyl (C=O) groups excluding carboxylic acids is 2. The van der Waals surface area contributed by atoms with Crippen LogP contribution in [-0.4, -0.2) is 45.9 Å². The second-order valence-electron chi connectivity index (χ2n) is 5.90. The summed E-state index contributed by atoms with van der Waals surface area (Å²) in [7, 11) is 3.01. The van der Waals surface area contributed by atoms with Crippen LogP contribution in [0.25, 0.3) is 0 Å². The first-order chi connectivity index (χ1) is 13.6. The first-order valence-electron chi connectivity index (χ1n) is 8.69. The quantitative estimate of drug-likeness (QED) is 0.762. The molecule has 0 fully saturated rings. The molecule has 0 aromatic heterocycles. The van der Waals surface area contributed by atoms with Gasteiger partial charge in [-0.15, -0.1) is 0 Å². The zero-order chi connectivity index (χ0) is 19.9. The van der Waals surface area contributed by atoms with E-state index in [2.05, 4.69) is 5.32 Å². The highest BCUT2D eigenvalue weighted by molar-refractivity contribution is 5.96. The Morgan fingerprint density at radius 2 is 1.79 bits per heavy atom. The number of nitrogens with one attached hydrogen (secondary N) is 1. The number of hydrogen-bond donors (Lipinski definition) is 1. The Morgan fingerprint density at radius 1 is 1.00 bits per heavy atom. The Labute approximate surface area is 162 Å². The number of fused-ring (bicyclic) bond motifs is 1. The van der Waals surface area contributed by atoms with E-state index in [0.717, 1.165) is 6.42 Å². The minimum Gasteiger partial charge on any atom is -0.497 e. The average molecular weight is 387 g/mol. The van der Waals surface area contributed by atoms with Gasteiger partial charge in [0.2, 0.25) is 0 Å². The molecule has 0 atom stereocenters. The molecule has 2 aromatic carbocycles. The van der Waals surface area contributed by atoms with E-state index in [-0.39, 0.29) is 5.56 Å². The van der Waals surface area contributed by atoms with Crippen molar-refractivity contribution in [2.75, 3.05) is 39.4 Å². The van der Waals surface area contributed by atoms with Gasteiger partial charge >= 0.3 is 5.97 Å². The molecule has 2 aromatic rings. The summed E-state index contributed by atoms with van der Waals surface area (Å²) in [4.78, 5) is 24.4. The summed E-state index contributed by atoms with van der Waals surface area (Å²) < 4.78 is 26.5. The van der Waals surface area contributed by atoms with Crippen molar-refractivity contribution < 1.29 is 33.3 Å². The first kappa shape index (κ1) is 19.3. The number of rotatable bonds is 6. The molecule has 3 rings (SSSR count). The summed E-state index contributed by atoms with van der Waals surface area (Å²) in [6.07, 6.45) is 0.766. The number of carbonyl (C=O) groups is 2. The van der Waals surface area contributed by atoms with E-state index >= 15 is 0 Å². The van der Waals surface area contributed by atoms with E-state index in [9.17, 15) is 9.59 Å². The van der Waals surface area contributed by atoms with Gasteiger partial charge in [0, 0.05) is 12.5 Å². The lowest BCUT2D eigenvalue weighted by atomic mass is 10.2. The molecule has 1 heterocycles. The molecule has 0 radical (unpaired) electrons. The van der Waals surface area contributed by atoms with Gasteiger partial charge in [0.05, 0.1) is 38.7 Å². The van der Waals surface area contributed by atoms with Crippen molar-refractivity contribution in [3.63, 3.8) is 0 Å². The summed E-state index contributed by atoms with van der Waals surface area (Å²) in [6.45, 7) is 0.620. The molecule has 0 unspecified atom stereocenters. The third-order valence-electron chi connectivity index (χ3n) is 4.00. The number of amides is 1. The van der Waals surface area contributed by atoms with Gasteiger partial charge < -0.3 is 29.0 Å². The summed E-state index contributed by atoms with van der Waals surface area (Å²) >= 11 is 0. The lowest BCUT2D eigenvalue weighted by Crippen LogP contribution is -2.21. The number of methoxy groups -OCH3 is 2. The van der Waals surface area contributed by atoms with E-state index in [1.807, 2.05) is 0 Å². The van der Waals surface area contributed by atoms with Crippen LogP contribution in [0.3, 0.4) is 0 Å². The van der Waals surface area contributed by atoms with E-state index in [4.69, 9.17) is 23.7 Å². The molecule has 1 N–H and O–H groups in total. The number of benzene rings is 2. The average Bonchev–Trinajstić information content (AvgIpc) is 2.96. The van der Waals surface area contributed by atoms with Crippen molar-refractivity contribution in [3.05, 3.63) is 42.0 Å². The molecular formula is C20H21NO7. The molecule has 0 aliphatic carbocycles. The van der Waals surface area contributed by atoms with Crippen LogP contribution in [0.15, 0.2) is 36.4 Å². The van der Waals surface area contributed by atoms with Crippen LogP contribution in [0.2, 0.25) is 0 Å². The Morgan fingerprint density at radius 3 is 2.54 bits per heavy atom. The third kappa shape index (κ3) is 4.64. The largest absolute Gasteiger partial charge is 0.497 e. The topological polar surface area (TPSA) is 92.3 Å². The molecule has 8 heteroatoms. The van der Waals surface area contributed by atoms with Gasteiger partial charge in [-0.25, -0.2) is 4.79 Å². The van der Waals surface area contributed by atoms with Gasteiger partial charge in [-0.1, -0.05) is 0 Å². The van der Waals surface area contributed by atoms with Crippen LogP contribution in [0.5, 0.6) is 23.0 Å². The van der Waals surface area contributed by atoms with Crippen LogP contribution in [0.4, 0.5) is 5.69 Å². The fourth-order valence-electron chi connectivity index (χ4n) is 2.60. The highest BCUT2D eigenvalue weighted by atomic mass is 16.5. The van der Waals surface area contributed by atoms with Gasteiger partial charge in [0.25, 0.3) is 5.91 Å². The highest BCUT2D eigenvalue weighted by Gasteiger charge is 2.17. The van der Waals surface area contributed by atoms with Crippen molar-refractivity contribution >= 4 is 17.6 Å². The summed E-state index contributed by atoms with van der Waals surface area (Å²) in [5.41, 5.74) is 0.689. The lowest BCUT2D eigenvalue weighted by Gasteiger charge is -2.12. The minimum atomic E-state index is -0.636. The Bertz CT molecular complexity index is 866. The lowest BCUT2D eigenvalue weighted by molar-refractivity contribution is -0.119. The van der Waals surface area contributed by atoms with Crippen LogP contribution in [0, 0.1) is 0 Å². The predicted molar refractivity (Wildman–Crippen MR) is 101 cm³/mol. The monoisotopic (exact) mass is 387 g/mol. The molecule has 0 bridgehead atoms. The Hall–Kier alpha value is -3.42. The van der Waals surface area contributed by atoms with E-state index in [0.29, 0.717) is 41.9 Å². The number of esters is 1. The van der Waals surface area contributed by atoms with Gasteiger partial charge in [0.1, 0.15) is 11.5 Å². The predicted octanol–water partition coefficient (Wildman–Crippen LogP) is 2.66. The van der Waals surface area contributed by atoms with E-state index in [1.165, 1.54) is 14.2 Å². The zero-order valence-corrected chi connectivity index (χ0v) is 15.7. The van der Waals surface area contributed by atoms with Crippen molar-refractivity contribution in [1.29, 1.82) is 0 Å². The zero-order valence-electron chi connectivity index (χ0n) is 15.7. The second-order valence-corrected chi connectivity index (χ2v) is 5.90. The maximum atomic E-state index is 12.3. The Kier molecular flexibility index (Phi) is 6.21. The van der Waals surface area contributed by atoms with Gasteiger partial charge in [-0.2, -0.15) is 0 Å². The first-order valence-corrected chi connectivity index (χ1v) is 8.69. The van der Waals surface area contributed by atoms with Crippen molar-refractivity contribution in [1.82, 2.24) is 0 Å². The fourth-order valence-corrected chi connectivity index (χ4v) is 2.60. The molecule has 148 valence electrons. The minimum absolute atomic E-state index is 0.274. The van der Waals surface area contributed by atoms with Gasteiger partial charge in [-0.3, -0.25) is 4.79 Å². The molecular weight excluding hydrogens is 366 g/mol.